The van der Waals surface area contributed by atoms with Gasteiger partial charge in [0.15, 0.2) is 0 Å². The van der Waals surface area contributed by atoms with Crippen LogP contribution in [0.3, 0.4) is 0 Å². The van der Waals surface area contributed by atoms with Crippen LogP contribution in [0.4, 0.5) is 0 Å². The third-order valence-electron chi connectivity index (χ3n) is 1.93. The smallest absolute Gasteiger partial charge is 0.371 e. The Morgan fingerprint density at radius 1 is 1.62 bits per heavy atom. The predicted molar refractivity (Wildman–Crippen MR) is 62.1 cm³/mol. The van der Waals surface area contributed by atoms with E-state index in [1.165, 1.54) is 6.07 Å². The van der Waals surface area contributed by atoms with Crippen LogP contribution in [-0.2, 0) is 0 Å². The molecular weight excluding hydrogens is 246 g/mol. The normalized spacial score (nSPS) is 12.6. The zero-order valence-corrected chi connectivity index (χ0v) is 10.0. The maximum Gasteiger partial charge on any atom is 0.371 e. The quantitative estimate of drug-likeness (QED) is 0.849. The van der Waals surface area contributed by atoms with Crippen LogP contribution in [0, 0.1) is 0 Å². The van der Waals surface area contributed by atoms with Crippen molar-refractivity contribution >= 4 is 29.1 Å². The highest BCUT2D eigenvalue weighted by atomic mass is 32.2. The number of thiazole rings is 1. The van der Waals surface area contributed by atoms with Gasteiger partial charge in [0, 0.05) is 11.6 Å². The topological polar surface area (TPSA) is 63.3 Å². The van der Waals surface area contributed by atoms with Crippen molar-refractivity contribution in [1.29, 1.82) is 0 Å². The molecule has 1 unspecified atom stereocenters. The molecule has 4 nitrogen and oxygen atoms in total. The highest BCUT2D eigenvalue weighted by Crippen LogP contribution is 2.36. The van der Waals surface area contributed by atoms with Gasteiger partial charge in [-0.15, -0.1) is 11.3 Å². The molecule has 6 heteroatoms. The fourth-order valence-electron chi connectivity index (χ4n) is 1.16. The van der Waals surface area contributed by atoms with E-state index in [0.29, 0.717) is 5.76 Å². The second-order valence-electron chi connectivity index (χ2n) is 3.07. The standard InChI is InChI=1S/C10H9NO3S2/c1-6(16-10-11-4-5-15-10)7-2-3-8(14-7)9(12)13/h2-6H,1H3,(H,12,13). The molecule has 1 N–H and O–H groups in total. The van der Waals surface area contributed by atoms with Gasteiger partial charge in [0.25, 0.3) is 0 Å². The number of thioether (sulfide) groups is 1. The van der Waals surface area contributed by atoms with E-state index in [2.05, 4.69) is 4.98 Å². The van der Waals surface area contributed by atoms with Crippen molar-refractivity contribution in [2.45, 2.75) is 16.5 Å². The zero-order chi connectivity index (χ0) is 11.5. The minimum Gasteiger partial charge on any atom is -0.475 e. The predicted octanol–water partition coefficient (Wildman–Crippen LogP) is 3.29. The lowest BCUT2D eigenvalue weighted by Gasteiger charge is -2.04. The number of carboxylic acid groups (broad SMARTS) is 1. The van der Waals surface area contributed by atoms with Crippen LogP contribution in [0.15, 0.2) is 32.5 Å². The summed E-state index contributed by atoms with van der Waals surface area (Å²) in [5.41, 5.74) is 0. The number of carbonyl (C=O) groups is 1. The van der Waals surface area contributed by atoms with Crippen LogP contribution < -0.4 is 0 Å². The number of nitrogens with zero attached hydrogens (tertiary/aromatic N) is 1. The second-order valence-corrected chi connectivity index (χ2v) is 5.55. The summed E-state index contributed by atoms with van der Waals surface area (Å²) in [6.45, 7) is 1.95. The molecular formula is C10H9NO3S2. The summed E-state index contributed by atoms with van der Waals surface area (Å²) in [5, 5.41) is 10.7. The van der Waals surface area contributed by atoms with Crippen molar-refractivity contribution in [3.63, 3.8) is 0 Å². The first kappa shape index (κ1) is 11.2. The Hall–Kier alpha value is -1.27. The first-order valence-corrected chi connectivity index (χ1v) is 6.32. The highest BCUT2D eigenvalue weighted by Gasteiger charge is 2.15. The minimum atomic E-state index is -1.04. The van der Waals surface area contributed by atoms with Crippen LogP contribution in [0.25, 0.3) is 0 Å². The summed E-state index contributed by atoms with van der Waals surface area (Å²) < 4.78 is 6.16. The number of carboxylic acids is 1. The summed E-state index contributed by atoms with van der Waals surface area (Å²) in [6, 6.07) is 3.16. The lowest BCUT2D eigenvalue weighted by Crippen LogP contribution is -1.92. The zero-order valence-electron chi connectivity index (χ0n) is 8.41. The lowest BCUT2D eigenvalue weighted by atomic mass is 10.3. The van der Waals surface area contributed by atoms with Gasteiger partial charge in [-0.3, -0.25) is 0 Å². The van der Waals surface area contributed by atoms with Crippen LogP contribution >= 0.6 is 23.1 Å². The minimum absolute atomic E-state index is 0.0263. The lowest BCUT2D eigenvalue weighted by molar-refractivity contribution is 0.0660. The first-order valence-electron chi connectivity index (χ1n) is 4.56. The molecule has 0 aliphatic rings. The summed E-state index contributed by atoms with van der Waals surface area (Å²) in [6.07, 6.45) is 1.74. The summed E-state index contributed by atoms with van der Waals surface area (Å²) in [5.74, 6) is -0.420. The van der Waals surface area contributed by atoms with Gasteiger partial charge < -0.3 is 9.52 Å². The molecule has 0 aliphatic heterocycles. The molecule has 0 radical (unpaired) electrons. The molecule has 2 aromatic heterocycles. The first-order chi connectivity index (χ1) is 7.66. The molecule has 0 fully saturated rings. The average Bonchev–Trinajstić information content (AvgIpc) is 2.86. The number of hydrogen-bond donors (Lipinski definition) is 1. The number of aromatic carboxylic acids is 1. The molecule has 0 aromatic carbocycles. The molecule has 84 valence electrons. The van der Waals surface area contributed by atoms with Crippen molar-refractivity contribution in [3.05, 3.63) is 35.2 Å². The van der Waals surface area contributed by atoms with Gasteiger partial charge in [-0.25, -0.2) is 9.78 Å². The van der Waals surface area contributed by atoms with E-state index >= 15 is 0 Å². The number of hydrogen-bond acceptors (Lipinski definition) is 5. The monoisotopic (exact) mass is 255 g/mol. The van der Waals surface area contributed by atoms with Crippen LogP contribution in [0.5, 0.6) is 0 Å². The Morgan fingerprint density at radius 2 is 2.44 bits per heavy atom. The van der Waals surface area contributed by atoms with E-state index < -0.39 is 5.97 Å². The van der Waals surface area contributed by atoms with Crippen molar-refractivity contribution in [3.8, 4) is 0 Å². The van der Waals surface area contributed by atoms with Crippen molar-refractivity contribution in [1.82, 2.24) is 4.98 Å². The second kappa shape index (κ2) is 4.71. The Morgan fingerprint density at radius 3 is 3.00 bits per heavy atom. The third-order valence-corrected chi connectivity index (χ3v) is 3.96. The van der Waals surface area contributed by atoms with E-state index in [1.807, 2.05) is 12.3 Å². The number of aromatic nitrogens is 1. The van der Waals surface area contributed by atoms with E-state index in [4.69, 9.17) is 9.52 Å². The molecule has 16 heavy (non-hydrogen) atoms. The molecule has 0 saturated heterocycles. The molecule has 2 rings (SSSR count). The van der Waals surface area contributed by atoms with Crippen LogP contribution in [0.2, 0.25) is 0 Å². The average molecular weight is 255 g/mol. The van der Waals surface area contributed by atoms with Gasteiger partial charge in [-0.1, -0.05) is 11.8 Å². The third kappa shape index (κ3) is 2.45. The molecule has 1 atom stereocenters. The van der Waals surface area contributed by atoms with Crippen LogP contribution in [-0.4, -0.2) is 16.1 Å². The molecule has 0 amide bonds. The van der Waals surface area contributed by atoms with Crippen molar-refractivity contribution in [2.75, 3.05) is 0 Å². The van der Waals surface area contributed by atoms with Gasteiger partial charge in [-0.05, 0) is 19.1 Å². The van der Waals surface area contributed by atoms with Crippen LogP contribution in [0.1, 0.15) is 28.5 Å². The Kier molecular flexibility index (Phi) is 3.31. The molecule has 2 heterocycles. The molecule has 0 spiro atoms. The molecule has 0 saturated carbocycles. The summed E-state index contributed by atoms with van der Waals surface area (Å²) in [4.78, 5) is 14.8. The van der Waals surface area contributed by atoms with Gasteiger partial charge in [0.05, 0.1) is 5.25 Å². The summed E-state index contributed by atoms with van der Waals surface area (Å²) >= 11 is 3.10. The van der Waals surface area contributed by atoms with E-state index in [9.17, 15) is 4.79 Å². The Labute approximate surface area is 100 Å². The van der Waals surface area contributed by atoms with Crippen molar-refractivity contribution < 1.29 is 14.3 Å². The van der Waals surface area contributed by atoms with E-state index in [1.54, 1.807) is 35.4 Å². The summed E-state index contributed by atoms with van der Waals surface area (Å²) in [7, 11) is 0. The largest absolute Gasteiger partial charge is 0.475 e. The number of furan rings is 1. The van der Waals surface area contributed by atoms with Gasteiger partial charge in [0.1, 0.15) is 10.1 Å². The molecule has 2 aromatic rings. The molecule has 0 aliphatic carbocycles. The fourth-order valence-corrected chi connectivity index (χ4v) is 3.01. The van der Waals surface area contributed by atoms with E-state index in [0.717, 1.165) is 4.34 Å². The molecule has 0 bridgehead atoms. The SMILES string of the molecule is CC(Sc1nccs1)c1ccc(C(=O)O)o1. The van der Waals surface area contributed by atoms with E-state index in [-0.39, 0.29) is 11.0 Å². The van der Waals surface area contributed by atoms with Gasteiger partial charge in [0.2, 0.25) is 5.76 Å². The number of rotatable bonds is 4. The maximum atomic E-state index is 10.6. The van der Waals surface area contributed by atoms with Gasteiger partial charge >= 0.3 is 5.97 Å². The Balaban J connectivity index is 2.08. The highest BCUT2D eigenvalue weighted by molar-refractivity contribution is 8.01. The fraction of sp³-hybridized carbons (Fsp3) is 0.200. The maximum absolute atomic E-state index is 10.6. The van der Waals surface area contributed by atoms with Crippen molar-refractivity contribution in [2.24, 2.45) is 0 Å². The Bertz CT molecular complexity index is 478. The van der Waals surface area contributed by atoms with Gasteiger partial charge in [-0.2, -0.15) is 0 Å².